The van der Waals surface area contributed by atoms with Crippen molar-refractivity contribution >= 4 is 0 Å². The average Bonchev–Trinajstić information content (AvgIpc) is 3.18. The number of hydrogen-bond acceptors (Lipinski definition) is 5. The van der Waals surface area contributed by atoms with E-state index in [-0.39, 0.29) is 0 Å². The molecule has 1 aromatic carbocycles. The molecule has 3 rings (SSSR count). The lowest BCUT2D eigenvalue weighted by Crippen LogP contribution is -2.23. The molecule has 1 saturated heterocycles. The van der Waals surface area contributed by atoms with Crippen LogP contribution in [0.4, 0.5) is 0 Å². The van der Waals surface area contributed by atoms with Gasteiger partial charge in [0.25, 0.3) is 0 Å². The zero-order valence-corrected chi connectivity index (χ0v) is 13.3. The van der Waals surface area contributed by atoms with Crippen LogP contribution in [0.1, 0.15) is 49.5 Å². The Balaban J connectivity index is 1.72. The van der Waals surface area contributed by atoms with Gasteiger partial charge in [0.05, 0.1) is 13.7 Å². The predicted octanol–water partition coefficient (Wildman–Crippen LogP) is 3.37. The second-order valence-electron chi connectivity index (χ2n) is 5.76. The molecule has 2 aromatic rings. The average molecular weight is 301 g/mol. The van der Waals surface area contributed by atoms with Gasteiger partial charge in [-0.15, -0.1) is 0 Å². The van der Waals surface area contributed by atoms with Crippen molar-refractivity contribution in [3.05, 3.63) is 41.5 Å². The number of aromatic nitrogens is 2. The fraction of sp³-hybridized carbons (Fsp3) is 0.529. The predicted molar refractivity (Wildman–Crippen MR) is 83.7 cm³/mol. The Morgan fingerprint density at radius 2 is 2.32 bits per heavy atom. The molecule has 0 spiro atoms. The second-order valence-corrected chi connectivity index (χ2v) is 5.76. The summed E-state index contributed by atoms with van der Waals surface area (Å²) >= 11 is 0. The minimum Gasteiger partial charge on any atom is -0.497 e. The number of nitrogens with zero attached hydrogens (tertiary/aromatic N) is 3. The van der Waals surface area contributed by atoms with Crippen molar-refractivity contribution < 1.29 is 9.26 Å². The largest absolute Gasteiger partial charge is 0.497 e. The van der Waals surface area contributed by atoms with Gasteiger partial charge in [-0.2, -0.15) is 4.98 Å². The maximum atomic E-state index is 5.38. The normalized spacial score (nSPS) is 18.7. The van der Waals surface area contributed by atoms with Crippen molar-refractivity contribution in [2.45, 2.75) is 45.2 Å². The molecule has 1 aliphatic rings. The Hall–Kier alpha value is -1.88. The van der Waals surface area contributed by atoms with Gasteiger partial charge in [0.15, 0.2) is 5.82 Å². The van der Waals surface area contributed by atoms with E-state index in [0.29, 0.717) is 6.04 Å². The molecule has 0 bridgehead atoms. The van der Waals surface area contributed by atoms with Gasteiger partial charge in [0.2, 0.25) is 5.89 Å². The van der Waals surface area contributed by atoms with Crippen molar-refractivity contribution in [1.82, 2.24) is 15.0 Å². The fourth-order valence-corrected chi connectivity index (χ4v) is 3.09. The zero-order chi connectivity index (χ0) is 15.4. The van der Waals surface area contributed by atoms with Gasteiger partial charge in [0.1, 0.15) is 5.75 Å². The van der Waals surface area contributed by atoms with E-state index < -0.39 is 0 Å². The Kier molecular flexibility index (Phi) is 4.73. The molecule has 5 heteroatoms. The SMILES string of the molecule is CCCc1noc(CN2CCC[C@@H]2c2cccc(OC)c2)n1. The van der Waals surface area contributed by atoms with Crippen molar-refractivity contribution in [2.24, 2.45) is 0 Å². The van der Waals surface area contributed by atoms with Crippen LogP contribution in [-0.4, -0.2) is 28.7 Å². The van der Waals surface area contributed by atoms with Crippen LogP contribution in [0.25, 0.3) is 0 Å². The Bertz CT molecular complexity index is 611. The van der Waals surface area contributed by atoms with Crippen LogP contribution in [0.3, 0.4) is 0 Å². The molecule has 0 saturated carbocycles. The first-order valence-corrected chi connectivity index (χ1v) is 7.99. The second kappa shape index (κ2) is 6.92. The van der Waals surface area contributed by atoms with E-state index in [2.05, 4.69) is 40.2 Å². The van der Waals surface area contributed by atoms with Gasteiger partial charge in [-0.1, -0.05) is 24.2 Å². The van der Waals surface area contributed by atoms with Crippen LogP contribution in [0.2, 0.25) is 0 Å². The number of aryl methyl sites for hydroxylation is 1. The quantitative estimate of drug-likeness (QED) is 0.819. The minimum absolute atomic E-state index is 0.400. The molecule has 1 aliphatic heterocycles. The van der Waals surface area contributed by atoms with E-state index in [1.807, 2.05) is 6.07 Å². The van der Waals surface area contributed by atoms with E-state index in [1.165, 1.54) is 12.0 Å². The number of benzene rings is 1. The van der Waals surface area contributed by atoms with Crippen LogP contribution >= 0.6 is 0 Å². The summed E-state index contributed by atoms with van der Waals surface area (Å²) in [5.41, 5.74) is 1.30. The molecular formula is C17H23N3O2. The summed E-state index contributed by atoms with van der Waals surface area (Å²) in [7, 11) is 1.71. The summed E-state index contributed by atoms with van der Waals surface area (Å²) in [6, 6.07) is 8.73. The summed E-state index contributed by atoms with van der Waals surface area (Å²) in [6.45, 7) is 3.90. The van der Waals surface area contributed by atoms with E-state index in [0.717, 1.165) is 49.8 Å². The van der Waals surface area contributed by atoms with Crippen LogP contribution < -0.4 is 4.74 Å². The molecule has 22 heavy (non-hydrogen) atoms. The first-order valence-electron chi connectivity index (χ1n) is 7.99. The van der Waals surface area contributed by atoms with Crippen LogP contribution in [0.5, 0.6) is 5.75 Å². The fourth-order valence-electron chi connectivity index (χ4n) is 3.09. The number of hydrogen-bond donors (Lipinski definition) is 0. The summed E-state index contributed by atoms with van der Waals surface area (Å²) in [4.78, 5) is 6.90. The molecule has 0 unspecified atom stereocenters. The van der Waals surface area contributed by atoms with Crippen molar-refractivity contribution in [1.29, 1.82) is 0 Å². The maximum absolute atomic E-state index is 5.38. The lowest BCUT2D eigenvalue weighted by molar-refractivity contribution is 0.212. The standard InChI is InChI=1S/C17H23N3O2/c1-3-6-16-18-17(22-19-16)12-20-10-5-9-15(20)13-7-4-8-14(11-13)21-2/h4,7-8,11,15H,3,5-6,9-10,12H2,1-2H3/t15-/m1/s1. The highest BCUT2D eigenvalue weighted by atomic mass is 16.5. The minimum atomic E-state index is 0.400. The van der Waals surface area contributed by atoms with Crippen LogP contribution in [0, 0.1) is 0 Å². The van der Waals surface area contributed by atoms with E-state index >= 15 is 0 Å². The van der Waals surface area contributed by atoms with Crippen molar-refractivity contribution in [2.75, 3.05) is 13.7 Å². The topological polar surface area (TPSA) is 51.4 Å². The molecule has 1 aromatic heterocycles. The van der Waals surface area contributed by atoms with Gasteiger partial charge in [-0.25, -0.2) is 0 Å². The summed E-state index contributed by atoms with van der Waals surface area (Å²) in [5, 5.41) is 4.04. The first-order chi connectivity index (χ1) is 10.8. The van der Waals surface area contributed by atoms with Gasteiger partial charge >= 0.3 is 0 Å². The lowest BCUT2D eigenvalue weighted by atomic mass is 10.0. The van der Waals surface area contributed by atoms with Crippen molar-refractivity contribution in [3.63, 3.8) is 0 Å². The highest BCUT2D eigenvalue weighted by Crippen LogP contribution is 2.34. The number of rotatable bonds is 6. The third-order valence-electron chi connectivity index (χ3n) is 4.16. The molecule has 0 N–H and O–H groups in total. The monoisotopic (exact) mass is 301 g/mol. The molecule has 118 valence electrons. The lowest BCUT2D eigenvalue weighted by Gasteiger charge is -2.23. The van der Waals surface area contributed by atoms with Crippen molar-refractivity contribution in [3.8, 4) is 5.75 Å². The highest BCUT2D eigenvalue weighted by molar-refractivity contribution is 5.31. The van der Waals surface area contributed by atoms with E-state index in [4.69, 9.17) is 9.26 Å². The van der Waals surface area contributed by atoms with Gasteiger partial charge < -0.3 is 9.26 Å². The van der Waals surface area contributed by atoms with E-state index in [1.54, 1.807) is 7.11 Å². The third kappa shape index (κ3) is 3.30. The smallest absolute Gasteiger partial charge is 0.240 e. The van der Waals surface area contributed by atoms with Crippen LogP contribution in [-0.2, 0) is 13.0 Å². The molecule has 0 amide bonds. The summed E-state index contributed by atoms with van der Waals surface area (Å²) in [6.07, 6.45) is 4.26. The first kappa shape index (κ1) is 15.0. The molecule has 0 aliphatic carbocycles. The molecule has 2 heterocycles. The third-order valence-corrected chi connectivity index (χ3v) is 4.16. The molecule has 1 atom stereocenters. The van der Waals surface area contributed by atoms with E-state index in [9.17, 15) is 0 Å². The maximum Gasteiger partial charge on any atom is 0.240 e. The highest BCUT2D eigenvalue weighted by Gasteiger charge is 2.27. The summed E-state index contributed by atoms with van der Waals surface area (Å²) < 4.78 is 10.7. The summed E-state index contributed by atoms with van der Waals surface area (Å²) in [5.74, 6) is 2.44. The number of likely N-dealkylation sites (tertiary alicyclic amines) is 1. The number of methoxy groups -OCH3 is 1. The van der Waals surface area contributed by atoms with Gasteiger partial charge in [-0.3, -0.25) is 4.90 Å². The van der Waals surface area contributed by atoms with Crippen LogP contribution in [0.15, 0.2) is 28.8 Å². The molecule has 0 radical (unpaired) electrons. The van der Waals surface area contributed by atoms with Gasteiger partial charge in [0, 0.05) is 12.5 Å². The Morgan fingerprint density at radius 3 is 3.14 bits per heavy atom. The molecule has 5 nitrogen and oxygen atoms in total. The Morgan fingerprint density at radius 1 is 1.41 bits per heavy atom. The molecule has 1 fully saturated rings. The Labute approximate surface area is 131 Å². The molecular weight excluding hydrogens is 278 g/mol. The number of ether oxygens (including phenoxy) is 1. The zero-order valence-electron chi connectivity index (χ0n) is 13.3. The van der Waals surface area contributed by atoms with Gasteiger partial charge in [-0.05, 0) is 43.5 Å².